The Bertz CT molecular complexity index is 2690. The maximum Gasteiger partial charge on any atom is 0.0725 e. The summed E-state index contributed by atoms with van der Waals surface area (Å²) in [6, 6.07) is 68.9. The second-order valence-electron chi connectivity index (χ2n) is 14.3. The molecule has 0 heteroatoms. The third kappa shape index (κ3) is 2.90. The van der Waals surface area contributed by atoms with Gasteiger partial charge in [0, 0.05) is 0 Å². The van der Waals surface area contributed by atoms with E-state index in [-0.39, 0.29) is 10.8 Å². The summed E-state index contributed by atoms with van der Waals surface area (Å²) in [6.45, 7) is 0. The molecule has 50 heavy (non-hydrogen) atoms. The van der Waals surface area contributed by atoms with E-state index < -0.39 is 0 Å². The van der Waals surface area contributed by atoms with Gasteiger partial charge in [0.15, 0.2) is 0 Å². The van der Waals surface area contributed by atoms with Crippen LogP contribution in [0.1, 0.15) is 44.5 Å². The predicted octanol–water partition coefficient (Wildman–Crippen LogP) is 12.0. The van der Waals surface area contributed by atoms with Gasteiger partial charge >= 0.3 is 0 Å². The molecule has 0 atom stereocenters. The van der Waals surface area contributed by atoms with E-state index in [4.69, 9.17) is 0 Å². The van der Waals surface area contributed by atoms with Crippen molar-refractivity contribution in [3.8, 4) is 55.6 Å². The maximum atomic E-state index is 2.49. The highest BCUT2D eigenvalue weighted by molar-refractivity contribution is 6.01. The summed E-state index contributed by atoms with van der Waals surface area (Å²) >= 11 is 0. The van der Waals surface area contributed by atoms with E-state index in [1.807, 2.05) is 0 Å². The fourth-order valence-electron chi connectivity index (χ4n) is 10.7. The first-order valence-electron chi connectivity index (χ1n) is 17.7. The monoisotopic (exact) mass is 630 g/mol. The number of benzene rings is 8. The van der Waals surface area contributed by atoms with E-state index in [1.165, 1.54) is 100 Å². The Labute approximate surface area is 292 Å². The van der Waals surface area contributed by atoms with Gasteiger partial charge in [-0.05, 0) is 106 Å². The standard InChI is InChI=1S/C50H30/c1-7-21-40-33(14-1)34-15-2-8-22-41(34)49(40)44-25-11-5-18-37(44)39-30-31(28-29-46(39)49)32-20-13-27-47-48(32)38-19-6-12-26-45(38)50(47)42-23-9-3-16-35(42)36-17-4-10-24-43(36)50/h1-30H. The van der Waals surface area contributed by atoms with Crippen LogP contribution in [0.4, 0.5) is 0 Å². The van der Waals surface area contributed by atoms with Crippen LogP contribution in [0.15, 0.2) is 182 Å². The highest BCUT2D eigenvalue weighted by atomic mass is 14.5. The molecule has 0 amide bonds. The van der Waals surface area contributed by atoms with E-state index >= 15 is 0 Å². The van der Waals surface area contributed by atoms with Gasteiger partial charge in [-0.25, -0.2) is 0 Å². The Morgan fingerprint density at radius 2 is 0.540 bits per heavy atom. The average molecular weight is 631 g/mol. The minimum atomic E-state index is -0.347. The summed E-state index contributed by atoms with van der Waals surface area (Å²) in [5.74, 6) is 0. The molecule has 0 saturated carbocycles. The number of hydrogen-bond donors (Lipinski definition) is 0. The SMILES string of the molecule is c1ccc2c(c1)-c1ccccc1C21c2ccccc2-c2cc(-c3cccc4c3-c3ccccc3C43c4ccccc4-c4ccccc43)ccc21. The van der Waals surface area contributed by atoms with Gasteiger partial charge in [0.05, 0.1) is 10.8 Å². The molecule has 0 unspecified atom stereocenters. The van der Waals surface area contributed by atoms with Gasteiger partial charge in [-0.15, -0.1) is 0 Å². The zero-order chi connectivity index (χ0) is 32.6. The summed E-state index contributed by atoms with van der Waals surface area (Å²) in [5, 5.41) is 0. The van der Waals surface area contributed by atoms with Crippen LogP contribution in [-0.2, 0) is 10.8 Å². The lowest BCUT2D eigenvalue weighted by atomic mass is 9.70. The molecule has 0 fully saturated rings. The van der Waals surface area contributed by atoms with E-state index in [0.717, 1.165) is 0 Å². The molecule has 4 aliphatic rings. The van der Waals surface area contributed by atoms with Gasteiger partial charge in [0.1, 0.15) is 0 Å². The van der Waals surface area contributed by atoms with Crippen molar-refractivity contribution >= 4 is 0 Å². The Balaban J connectivity index is 1.14. The van der Waals surface area contributed by atoms with Crippen molar-refractivity contribution in [3.63, 3.8) is 0 Å². The molecule has 0 N–H and O–H groups in total. The van der Waals surface area contributed by atoms with Gasteiger partial charge in [-0.2, -0.15) is 0 Å². The van der Waals surface area contributed by atoms with Crippen LogP contribution in [0, 0.1) is 0 Å². The molecule has 12 rings (SSSR count). The molecule has 0 radical (unpaired) electrons. The predicted molar refractivity (Wildman–Crippen MR) is 204 cm³/mol. The van der Waals surface area contributed by atoms with Crippen molar-refractivity contribution in [1.29, 1.82) is 0 Å². The molecule has 8 aromatic carbocycles. The van der Waals surface area contributed by atoms with Crippen LogP contribution < -0.4 is 0 Å². The minimum absolute atomic E-state index is 0.329. The first-order valence-corrected chi connectivity index (χ1v) is 17.7. The van der Waals surface area contributed by atoms with Crippen molar-refractivity contribution in [2.45, 2.75) is 10.8 Å². The van der Waals surface area contributed by atoms with Crippen molar-refractivity contribution in [2.75, 3.05) is 0 Å². The molecule has 0 bridgehead atoms. The molecule has 0 aliphatic heterocycles. The lowest BCUT2D eigenvalue weighted by Crippen LogP contribution is -2.25. The van der Waals surface area contributed by atoms with Gasteiger partial charge in [0.25, 0.3) is 0 Å². The second kappa shape index (κ2) is 9.26. The molecule has 0 saturated heterocycles. The second-order valence-corrected chi connectivity index (χ2v) is 14.3. The largest absolute Gasteiger partial charge is 0.0725 e. The van der Waals surface area contributed by atoms with E-state index in [2.05, 4.69) is 182 Å². The first-order chi connectivity index (χ1) is 24.8. The topological polar surface area (TPSA) is 0 Å². The van der Waals surface area contributed by atoms with E-state index in [1.54, 1.807) is 0 Å². The van der Waals surface area contributed by atoms with Gasteiger partial charge in [0.2, 0.25) is 0 Å². The molecule has 230 valence electrons. The lowest BCUT2D eigenvalue weighted by molar-refractivity contribution is 0.793. The minimum Gasteiger partial charge on any atom is -0.0619 e. The Kier molecular flexibility index (Phi) is 4.94. The van der Waals surface area contributed by atoms with E-state index in [9.17, 15) is 0 Å². The Hall–Kier alpha value is -6.24. The number of fused-ring (bicyclic) bond motifs is 20. The lowest BCUT2D eigenvalue weighted by Gasteiger charge is -2.30. The van der Waals surface area contributed by atoms with Crippen LogP contribution in [0.25, 0.3) is 55.6 Å². The van der Waals surface area contributed by atoms with Crippen LogP contribution in [0.2, 0.25) is 0 Å². The highest BCUT2D eigenvalue weighted by Gasteiger charge is 2.53. The van der Waals surface area contributed by atoms with Gasteiger partial charge < -0.3 is 0 Å². The van der Waals surface area contributed by atoms with Crippen LogP contribution >= 0.6 is 0 Å². The zero-order valence-corrected chi connectivity index (χ0v) is 27.3. The van der Waals surface area contributed by atoms with Gasteiger partial charge in [-0.1, -0.05) is 176 Å². The fourth-order valence-corrected chi connectivity index (χ4v) is 10.7. The summed E-state index contributed by atoms with van der Waals surface area (Å²) in [7, 11) is 0. The van der Waals surface area contributed by atoms with Crippen molar-refractivity contribution in [1.82, 2.24) is 0 Å². The molecule has 0 aromatic heterocycles. The normalized spacial score (nSPS) is 15.1. The van der Waals surface area contributed by atoms with Crippen LogP contribution in [0.3, 0.4) is 0 Å². The van der Waals surface area contributed by atoms with Crippen molar-refractivity contribution in [2.24, 2.45) is 0 Å². The number of rotatable bonds is 1. The summed E-state index contributed by atoms with van der Waals surface area (Å²) in [4.78, 5) is 0. The van der Waals surface area contributed by atoms with E-state index in [0.29, 0.717) is 0 Å². The average Bonchev–Trinajstić information content (AvgIpc) is 3.87. The molecular formula is C50H30. The number of hydrogen-bond acceptors (Lipinski definition) is 0. The summed E-state index contributed by atoms with van der Waals surface area (Å²) in [5.41, 5.74) is 23.6. The third-order valence-electron chi connectivity index (χ3n) is 12.3. The molecule has 4 aliphatic carbocycles. The third-order valence-corrected chi connectivity index (χ3v) is 12.3. The fraction of sp³-hybridized carbons (Fsp3) is 0.0400. The quantitative estimate of drug-likeness (QED) is 0.169. The molecule has 0 heterocycles. The van der Waals surface area contributed by atoms with Crippen LogP contribution in [0.5, 0.6) is 0 Å². The highest BCUT2D eigenvalue weighted by Crippen LogP contribution is 2.65. The summed E-state index contributed by atoms with van der Waals surface area (Å²) < 4.78 is 0. The molecule has 0 nitrogen and oxygen atoms in total. The van der Waals surface area contributed by atoms with Crippen molar-refractivity contribution in [3.05, 3.63) is 226 Å². The maximum absolute atomic E-state index is 2.49. The Morgan fingerprint density at radius 1 is 0.220 bits per heavy atom. The first kappa shape index (κ1) is 26.7. The molecule has 8 aromatic rings. The smallest absolute Gasteiger partial charge is 0.0619 e. The van der Waals surface area contributed by atoms with Crippen molar-refractivity contribution < 1.29 is 0 Å². The molecular weight excluding hydrogens is 601 g/mol. The molecule has 2 spiro atoms. The Morgan fingerprint density at radius 3 is 1.02 bits per heavy atom. The van der Waals surface area contributed by atoms with Crippen LogP contribution in [-0.4, -0.2) is 0 Å². The zero-order valence-electron chi connectivity index (χ0n) is 27.3. The summed E-state index contributed by atoms with van der Waals surface area (Å²) in [6.07, 6.45) is 0. The van der Waals surface area contributed by atoms with Gasteiger partial charge in [-0.3, -0.25) is 0 Å².